The highest BCUT2D eigenvalue weighted by atomic mass is 35.5. The first-order valence-corrected chi connectivity index (χ1v) is 9.47. The molecule has 0 unspecified atom stereocenters. The molecule has 1 aliphatic rings. The monoisotopic (exact) mass is 400 g/mol. The van der Waals surface area contributed by atoms with Gasteiger partial charge in [-0.3, -0.25) is 0 Å². The van der Waals surface area contributed by atoms with E-state index < -0.39 is 0 Å². The van der Waals surface area contributed by atoms with E-state index in [-0.39, 0.29) is 0 Å². The average molecular weight is 401 g/mol. The van der Waals surface area contributed by atoms with E-state index in [9.17, 15) is 0 Å². The number of benzene rings is 2. The molecule has 6 nitrogen and oxygen atoms in total. The molecule has 1 aliphatic heterocycles. The van der Waals surface area contributed by atoms with Crippen molar-refractivity contribution in [1.82, 2.24) is 15.0 Å². The van der Waals surface area contributed by atoms with Crippen LogP contribution in [0, 0.1) is 0 Å². The molecular weight excluding hydrogens is 383 g/mol. The Morgan fingerprint density at radius 1 is 0.667 bits per heavy atom. The van der Waals surface area contributed by atoms with Crippen LogP contribution in [0.2, 0.25) is 10.0 Å². The lowest BCUT2D eigenvalue weighted by atomic mass is 10.3. The van der Waals surface area contributed by atoms with Gasteiger partial charge in [0.1, 0.15) is 0 Å². The molecule has 0 atom stereocenters. The minimum atomic E-state index is 0.477. The van der Waals surface area contributed by atoms with Gasteiger partial charge in [0.25, 0.3) is 0 Å². The minimum absolute atomic E-state index is 0.477. The summed E-state index contributed by atoms with van der Waals surface area (Å²) in [6.07, 6.45) is 2.29. The molecule has 3 aromatic rings. The van der Waals surface area contributed by atoms with Crippen molar-refractivity contribution in [2.45, 2.75) is 12.8 Å². The van der Waals surface area contributed by atoms with Crippen LogP contribution in [-0.2, 0) is 0 Å². The van der Waals surface area contributed by atoms with Crippen molar-refractivity contribution in [3.05, 3.63) is 58.6 Å². The number of halogens is 2. The van der Waals surface area contributed by atoms with E-state index in [1.165, 1.54) is 0 Å². The summed E-state index contributed by atoms with van der Waals surface area (Å²) in [5, 5.41) is 7.80. The SMILES string of the molecule is Clc1ccc(Nc2nc(Nc3ccc(Cl)cc3)nc(N3CCCC3)n2)cc1. The molecule has 2 N–H and O–H groups in total. The molecule has 0 amide bonds. The Kier molecular flexibility index (Phi) is 5.27. The van der Waals surface area contributed by atoms with Gasteiger partial charge in [0, 0.05) is 34.5 Å². The van der Waals surface area contributed by atoms with E-state index in [0.29, 0.717) is 27.9 Å². The summed E-state index contributed by atoms with van der Waals surface area (Å²) in [4.78, 5) is 15.8. The minimum Gasteiger partial charge on any atom is -0.341 e. The molecule has 0 aliphatic carbocycles. The summed E-state index contributed by atoms with van der Waals surface area (Å²) in [7, 11) is 0. The van der Waals surface area contributed by atoms with E-state index in [0.717, 1.165) is 37.3 Å². The molecule has 1 fully saturated rings. The van der Waals surface area contributed by atoms with Gasteiger partial charge in [-0.05, 0) is 61.4 Å². The summed E-state index contributed by atoms with van der Waals surface area (Å²) < 4.78 is 0. The van der Waals surface area contributed by atoms with Gasteiger partial charge in [0.2, 0.25) is 17.8 Å². The molecule has 8 heteroatoms. The van der Waals surface area contributed by atoms with Crippen LogP contribution in [-0.4, -0.2) is 28.0 Å². The number of anilines is 5. The van der Waals surface area contributed by atoms with E-state index in [2.05, 4.69) is 30.5 Å². The number of aromatic nitrogens is 3. The lowest BCUT2D eigenvalue weighted by Crippen LogP contribution is -2.21. The molecule has 1 saturated heterocycles. The Morgan fingerprint density at radius 2 is 1.11 bits per heavy atom. The molecule has 0 radical (unpaired) electrons. The predicted molar refractivity (Wildman–Crippen MR) is 111 cm³/mol. The van der Waals surface area contributed by atoms with Crippen molar-refractivity contribution in [1.29, 1.82) is 0 Å². The molecule has 2 heterocycles. The maximum atomic E-state index is 5.96. The highest BCUT2D eigenvalue weighted by molar-refractivity contribution is 6.30. The normalized spacial score (nSPS) is 13.6. The van der Waals surface area contributed by atoms with Gasteiger partial charge in [-0.15, -0.1) is 0 Å². The van der Waals surface area contributed by atoms with Crippen molar-refractivity contribution in [2.24, 2.45) is 0 Å². The molecule has 0 bridgehead atoms. The number of hydrogen-bond donors (Lipinski definition) is 2. The predicted octanol–water partition coefficient (Wildman–Crippen LogP) is 5.27. The molecule has 27 heavy (non-hydrogen) atoms. The van der Waals surface area contributed by atoms with Gasteiger partial charge in [0.15, 0.2) is 0 Å². The van der Waals surface area contributed by atoms with Crippen molar-refractivity contribution in [3.63, 3.8) is 0 Å². The van der Waals surface area contributed by atoms with Gasteiger partial charge in [-0.25, -0.2) is 0 Å². The standard InChI is InChI=1S/C19H18Cl2N6/c20-13-3-7-15(8-4-13)22-17-24-18(23-16-9-5-14(21)6-10-16)26-19(25-17)27-11-1-2-12-27/h3-10H,1-2,11-12H2,(H2,22,23,24,25,26). The Morgan fingerprint density at radius 3 is 1.56 bits per heavy atom. The third-order valence-corrected chi connectivity index (χ3v) is 4.72. The maximum absolute atomic E-state index is 5.96. The number of nitrogens with zero attached hydrogens (tertiary/aromatic N) is 4. The lowest BCUT2D eigenvalue weighted by Gasteiger charge is -2.17. The van der Waals surface area contributed by atoms with Crippen LogP contribution in [0.15, 0.2) is 48.5 Å². The Bertz CT molecular complexity index is 843. The second-order valence-electron chi connectivity index (χ2n) is 6.24. The van der Waals surface area contributed by atoms with Crippen LogP contribution in [0.3, 0.4) is 0 Å². The lowest BCUT2D eigenvalue weighted by molar-refractivity contribution is 0.886. The van der Waals surface area contributed by atoms with Crippen LogP contribution in [0.1, 0.15) is 12.8 Å². The molecule has 138 valence electrons. The molecule has 0 spiro atoms. The van der Waals surface area contributed by atoms with Crippen molar-refractivity contribution in [3.8, 4) is 0 Å². The summed E-state index contributed by atoms with van der Waals surface area (Å²) in [5.41, 5.74) is 1.71. The second-order valence-corrected chi connectivity index (χ2v) is 7.11. The Balaban J connectivity index is 1.63. The zero-order valence-electron chi connectivity index (χ0n) is 14.5. The van der Waals surface area contributed by atoms with Crippen LogP contribution in [0.4, 0.5) is 29.2 Å². The van der Waals surface area contributed by atoms with Crippen molar-refractivity contribution in [2.75, 3.05) is 28.6 Å². The fourth-order valence-corrected chi connectivity index (χ4v) is 3.11. The summed E-state index contributed by atoms with van der Waals surface area (Å²) >= 11 is 11.9. The quantitative estimate of drug-likeness (QED) is 0.608. The molecule has 4 rings (SSSR count). The molecular formula is C19H18Cl2N6. The first-order chi connectivity index (χ1) is 13.2. The number of hydrogen-bond acceptors (Lipinski definition) is 6. The fourth-order valence-electron chi connectivity index (χ4n) is 2.86. The van der Waals surface area contributed by atoms with Gasteiger partial charge in [-0.1, -0.05) is 23.2 Å². The third kappa shape index (κ3) is 4.59. The molecule has 2 aromatic carbocycles. The fraction of sp³-hybridized carbons (Fsp3) is 0.211. The highest BCUT2D eigenvalue weighted by Gasteiger charge is 2.17. The van der Waals surface area contributed by atoms with Crippen LogP contribution < -0.4 is 15.5 Å². The first-order valence-electron chi connectivity index (χ1n) is 8.72. The van der Waals surface area contributed by atoms with E-state index >= 15 is 0 Å². The average Bonchev–Trinajstić information content (AvgIpc) is 3.20. The van der Waals surface area contributed by atoms with Crippen molar-refractivity contribution >= 4 is 52.4 Å². The zero-order valence-corrected chi connectivity index (χ0v) is 16.0. The summed E-state index contributed by atoms with van der Waals surface area (Å²) in [5.74, 6) is 1.62. The molecule has 1 aromatic heterocycles. The van der Waals surface area contributed by atoms with Gasteiger partial charge in [0.05, 0.1) is 0 Å². The number of nitrogens with one attached hydrogen (secondary N) is 2. The topological polar surface area (TPSA) is 66.0 Å². The van der Waals surface area contributed by atoms with Crippen molar-refractivity contribution < 1.29 is 0 Å². The van der Waals surface area contributed by atoms with Crippen LogP contribution >= 0.6 is 23.2 Å². The highest BCUT2D eigenvalue weighted by Crippen LogP contribution is 2.23. The van der Waals surface area contributed by atoms with Gasteiger partial charge < -0.3 is 15.5 Å². The summed E-state index contributed by atoms with van der Waals surface area (Å²) in [6, 6.07) is 14.8. The Labute approximate surface area is 167 Å². The van der Waals surface area contributed by atoms with Gasteiger partial charge >= 0.3 is 0 Å². The van der Waals surface area contributed by atoms with Crippen LogP contribution in [0.25, 0.3) is 0 Å². The Hall–Kier alpha value is -2.57. The summed E-state index contributed by atoms with van der Waals surface area (Å²) in [6.45, 7) is 1.90. The third-order valence-electron chi connectivity index (χ3n) is 4.21. The molecule has 0 saturated carbocycles. The van der Waals surface area contributed by atoms with Gasteiger partial charge in [-0.2, -0.15) is 15.0 Å². The van der Waals surface area contributed by atoms with E-state index in [4.69, 9.17) is 23.2 Å². The van der Waals surface area contributed by atoms with E-state index in [1.807, 2.05) is 48.5 Å². The zero-order chi connectivity index (χ0) is 18.6. The van der Waals surface area contributed by atoms with Crippen LogP contribution in [0.5, 0.6) is 0 Å². The largest absolute Gasteiger partial charge is 0.341 e. The number of rotatable bonds is 5. The van der Waals surface area contributed by atoms with E-state index in [1.54, 1.807) is 0 Å². The maximum Gasteiger partial charge on any atom is 0.233 e. The first kappa shape index (κ1) is 17.8. The second kappa shape index (κ2) is 7.98. The smallest absolute Gasteiger partial charge is 0.233 e.